The van der Waals surface area contributed by atoms with Gasteiger partial charge in [-0.25, -0.2) is 0 Å². The van der Waals surface area contributed by atoms with Gasteiger partial charge in [-0.1, -0.05) is 178 Å². The second kappa shape index (κ2) is 40.1. The molecule has 0 saturated heterocycles. The molecule has 0 aliphatic rings. The van der Waals surface area contributed by atoms with Crippen LogP contribution in [0.25, 0.3) is 0 Å². The Balaban J connectivity index is 3.76. The molecule has 0 rings (SSSR count). The van der Waals surface area contributed by atoms with E-state index >= 15 is 0 Å². The van der Waals surface area contributed by atoms with Crippen molar-refractivity contribution in [2.45, 2.75) is 225 Å². The van der Waals surface area contributed by atoms with E-state index in [4.69, 9.17) is 0 Å². The summed E-state index contributed by atoms with van der Waals surface area (Å²) in [5.41, 5.74) is 0. The van der Waals surface area contributed by atoms with Crippen molar-refractivity contribution in [3.8, 4) is 0 Å². The molecule has 50 heavy (non-hydrogen) atoms. The number of rotatable bonds is 38. The first-order valence-electron chi connectivity index (χ1n) is 21.4. The molecule has 1 amide bonds. The molecule has 0 aromatic rings. The van der Waals surface area contributed by atoms with Crippen molar-refractivity contribution in [2.24, 2.45) is 0 Å². The number of carbonyl (C=O) groups excluding carboxylic acids is 1. The SMILES string of the molecule is CCCCCC/C=C\CCCCCCCC(O)CC(=O)NC(CO)C(O)/C=C/CC/C=C/CC/C=C/CCCCCCCCCCCCCC. The van der Waals surface area contributed by atoms with Crippen molar-refractivity contribution in [1.29, 1.82) is 0 Å². The Morgan fingerprint density at radius 2 is 0.860 bits per heavy atom. The number of aliphatic hydroxyl groups excluding tert-OH is 3. The van der Waals surface area contributed by atoms with Gasteiger partial charge in [0.25, 0.3) is 0 Å². The smallest absolute Gasteiger partial charge is 0.222 e. The van der Waals surface area contributed by atoms with E-state index in [1.807, 2.05) is 6.08 Å². The van der Waals surface area contributed by atoms with Crippen LogP contribution in [-0.4, -0.2) is 46.1 Å². The number of nitrogens with one attached hydrogen (secondary N) is 1. The molecule has 4 N–H and O–H groups in total. The molecule has 0 aromatic carbocycles. The lowest BCUT2D eigenvalue weighted by molar-refractivity contribution is -0.124. The van der Waals surface area contributed by atoms with Crippen LogP contribution >= 0.6 is 0 Å². The average Bonchev–Trinajstić information content (AvgIpc) is 3.11. The lowest BCUT2D eigenvalue weighted by Gasteiger charge is -2.20. The second-order valence-corrected chi connectivity index (χ2v) is 14.6. The van der Waals surface area contributed by atoms with Crippen LogP contribution in [0.15, 0.2) is 48.6 Å². The first-order chi connectivity index (χ1) is 24.5. The lowest BCUT2D eigenvalue weighted by atomic mass is 10.0. The standard InChI is InChI=1S/C45H83NO4/c1-3-5-7-9-11-13-15-17-18-19-20-21-22-23-24-25-27-29-31-33-35-37-39-44(49)43(41-47)46-45(50)40-42(48)38-36-34-32-30-28-26-16-14-12-10-8-6-4-2/h14,16,23-24,29,31,37,39,42-44,47-49H,3-13,15,17-22,25-28,30,32-36,38,40-41H2,1-2H3,(H,46,50)/b16-14-,24-23+,31-29+,39-37+. The van der Waals surface area contributed by atoms with Crippen LogP contribution in [-0.2, 0) is 4.79 Å². The van der Waals surface area contributed by atoms with E-state index < -0.39 is 18.2 Å². The topological polar surface area (TPSA) is 89.8 Å². The van der Waals surface area contributed by atoms with Crippen LogP contribution in [0.2, 0.25) is 0 Å². The minimum atomic E-state index is -0.962. The molecule has 3 unspecified atom stereocenters. The molecule has 0 fully saturated rings. The summed E-state index contributed by atoms with van der Waals surface area (Å²) < 4.78 is 0. The fourth-order valence-corrected chi connectivity index (χ4v) is 6.25. The molecule has 5 heteroatoms. The molecular formula is C45H83NO4. The normalized spacial score (nSPS) is 14.1. The van der Waals surface area contributed by atoms with Gasteiger partial charge in [0, 0.05) is 0 Å². The van der Waals surface area contributed by atoms with Crippen LogP contribution in [0.1, 0.15) is 206 Å². The predicted octanol–water partition coefficient (Wildman–Crippen LogP) is 12.2. The molecule has 0 heterocycles. The Hall–Kier alpha value is -1.69. The first kappa shape index (κ1) is 48.3. The van der Waals surface area contributed by atoms with Crippen LogP contribution in [0.4, 0.5) is 0 Å². The van der Waals surface area contributed by atoms with Crippen molar-refractivity contribution in [3.05, 3.63) is 48.6 Å². The Bertz CT molecular complexity index is 820. The molecule has 0 spiro atoms. The highest BCUT2D eigenvalue weighted by molar-refractivity contribution is 5.76. The largest absolute Gasteiger partial charge is 0.394 e. The molecule has 0 aromatic heterocycles. The molecule has 5 nitrogen and oxygen atoms in total. The third-order valence-electron chi connectivity index (χ3n) is 9.57. The van der Waals surface area contributed by atoms with Crippen molar-refractivity contribution in [3.63, 3.8) is 0 Å². The number of aliphatic hydroxyl groups is 3. The quantitative estimate of drug-likeness (QED) is 0.0381. The van der Waals surface area contributed by atoms with Gasteiger partial charge < -0.3 is 20.6 Å². The maximum Gasteiger partial charge on any atom is 0.222 e. The zero-order valence-electron chi connectivity index (χ0n) is 33.0. The molecule has 292 valence electrons. The monoisotopic (exact) mass is 702 g/mol. The average molecular weight is 702 g/mol. The van der Waals surface area contributed by atoms with Gasteiger partial charge in [-0.2, -0.15) is 0 Å². The summed E-state index contributed by atoms with van der Waals surface area (Å²) in [6, 6.07) is -0.770. The molecule has 0 bridgehead atoms. The maximum absolute atomic E-state index is 12.4. The fourth-order valence-electron chi connectivity index (χ4n) is 6.25. The number of hydrogen-bond donors (Lipinski definition) is 4. The minimum absolute atomic E-state index is 0.00459. The highest BCUT2D eigenvalue weighted by atomic mass is 16.3. The van der Waals surface area contributed by atoms with E-state index in [1.54, 1.807) is 6.08 Å². The highest BCUT2D eigenvalue weighted by Gasteiger charge is 2.20. The molecular weight excluding hydrogens is 618 g/mol. The Morgan fingerprint density at radius 3 is 1.30 bits per heavy atom. The van der Waals surface area contributed by atoms with Gasteiger partial charge in [0.15, 0.2) is 0 Å². The van der Waals surface area contributed by atoms with Gasteiger partial charge in [-0.05, 0) is 70.6 Å². The summed E-state index contributed by atoms with van der Waals surface area (Å²) in [5, 5.41) is 33.1. The van der Waals surface area contributed by atoms with Crippen molar-refractivity contribution < 1.29 is 20.1 Å². The summed E-state index contributed by atoms with van der Waals surface area (Å²) in [5.74, 6) is -0.337. The molecule has 0 radical (unpaired) electrons. The molecule has 0 aliphatic heterocycles. The van der Waals surface area contributed by atoms with E-state index in [0.29, 0.717) is 6.42 Å². The Labute approximate surface area is 310 Å². The van der Waals surface area contributed by atoms with Gasteiger partial charge in [-0.3, -0.25) is 4.79 Å². The minimum Gasteiger partial charge on any atom is -0.394 e. The van der Waals surface area contributed by atoms with Crippen molar-refractivity contribution >= 4 is 5.91 Å². The molecule has 0 saturated carbocycles. The van der Waals surface area contributed by atoms with E-state index in [0.717, 1.165) is 51.4 Å². The third kappa shape index (κ3) is 36.1. The van der Waals surface area contributed by atoms with Crippen molar-refractivity contribution in [2.75, 3.05) is 6.61 Å². The Morgan fingerprint density at radius 1 is 0.500 bits per heavy atom. The fraction of sp³-hybridized carbons (Fsp3) is 0.800. The Kier molecular flexibility index (Phi) is 38.7. The summed E-state index contributed by atoms with van der Waals surface area (Å²) in [4.78, 5) is 12.4. The second-order valence-electron chi connectivity index (χ2n) is 14.6. The van der Waals surface area contributed by atoms with Crippen LogP contribution in [0.3, 0.4) is 0 Å². The van der Waals surface area contributed by atoms with Gasteiger partial charge in [0.2, 0.25) is 5.91 Å². The van der Waals surface area contributed by atoms with Crippen molar-refractivity contribution in [1.82, 2.24) is 5.32 Å². The number of amides is 1. The summed E-state index contributed by atoms with van der Waals surface area (Å²) in [7, 11) is 0. The van der Waals surface area contributed by atoms with E-state index in [9.17, 15) is 20.1 Å². The van der Waals surface area contributed by atoms with Crippen LogP contribution < -0.4 is 5.32 Å². The van der Waals surface area contributed by atoms with Crippen LogP contribution in [0, 0.1) is 0 Å². The zero-order chi connectivity index (χ0) is 36.6. The molecule has 3 atom stereocenters. The van der Waals surface area contributed by atoms with E-state index in [2.05, 4.69) is 55.6 Å². The summed E-state index contributed by atoms with van der Waals surface area (Å²) in [6.07, 6.45) is 51.1. The molecule has 0 aliphatic carbocycles. The predicted molar refractivity (Wildman–Crippen MR) is 217 cm³/mol. The van der Waals surface area contributed by atoms with Crippen LogP contribution in [0.5, 0.6) is 0 Å². The van der Waals surface area contributed by atoms with Gasteiger partial charge in [0.1, 0.15) is 0 Å². The third-order valence-corrected chi connectivity index (χ3v) is 9.57. The zero-order valence-corrected chi connectivity index (χ0v) is 33.0. The number of allylic oxidation sites excluding steroid dienone is 7. The first-order valence-corrected chi connectivity index (χ1v) is 21.4. The van der Waals surface area contributed by atoms with Gasteiger partial charge in [-0.15, -0.1) is 0 Å². The van der Waals surface area contributed by atoms with E-state index in [-0.39, 0.29) is 18.9 Å². The van der Waals surface area contributed by atoms with Gasteiger partial charge >= 0.3 is 0 Å². The summed E-state index contributed by atoms with van der Waals surface area (Å²) in [6.45, 7) is 4.17. The number of carbonyl (C=O) groups is 1. The number of hydrogen-bond acceptors (Lipinski definition) is 4. The van der Waals surface area contributed by atoms with Gasteiger partial charge in [0.05, 0.1) is 31.3 Å². The summed E-state index contributed by atoms with van der Waals surface area (Å²) >= 11 is 0. The van der Waals surface area contributed by atoms with E-state index in [1.165, 1.54) is 128 Å². The highest BCUT2D eigenvalue weighted by Crippen LogP contribution is 2.14. The number of unbranched alkanes of at least 4 members (excludes halogenated alkanes) is 23. The maximum atomic E-state index is 12.4. The lowest BCUT2D eigenvalue weighted by Crippen LogP contribution is -2.45.